The molecule has 0 bridgehead atoms. The molecule has 7 heteroatoms. The van der Waals surface area contributed by atoms with Crippen LogP contribution in [-0.2, 0) is 10.0 Å². The lowest BCUT2D eigenvalue weighted by atomic mass is 10.0. The zero-order valence-corrected chi connectivity index (χ0v) is 11.4. The van der Waals surface area contributed by atoms with Gasteiger partial charge >= 0.3 is 0 Å². The van der Waals surface area contributed by atoms with Crippen LogP contribution in [0.25, 0.3) is 0 Å². The van der Waals surface area contributed by atoms with Crippen molar-refractivity contribution in [3.63, 3.8) is 0 Å². The summed E-state index contributed by atoms with van der Waals surface area (Å²) >= 11 is 0. The largest absolute Gasteiger partial charge is 0.399 e. The van der Waals surface area contributed by atoms with Gasteiger partial charge < -0.3 is 16.2 Å². The maximum Gasteiger partial charge on any atom is 0.238 e. The maximum absolute atomic E-state index is 11.3. The van der Waals surface area contributed by atoms with E-state index >= 15 is 0 Å². The Kier molecular flexibility index (Phi) is 3.98. The zero-order valence-electron chi connectivity index (χ0n) is 10.5. The van der Waals surface area contributed by atoms with Crippen LogP contribution >= 0.6 is 0 Å². The average molecular weight is 285 g/mol. The van der Waals surface area contributed by atoms with E-state index in [4.69, 9.17) is 10.9 Å². The third-order valence-electron chi connectivity index (χ3n) is 3.50. The Morgan fingerprint density at radius 2 is 2.05 bits per heavy atom. The van der Waals surface area contributed by atoms with Gasteiger partial charge in [0.05, 0.1) is 4.90 Å². The Balaban J connectivity index is 2.23. The minimum absolute atomic E-state index is 0.00598. The van der Waals surface area contributed by atoms with Crippen molar-refractivity contribution in [3.8, 4) is 0 Å². The quantitative estimate of drug-likeness (QED) is 0.600. The highest BCUT2D eigenvalue weighted by atomic mass is 32.2. The third-order valence-corrected chi connectivity index (χ3v) is 4.40. The van der Waals surface area contributed by atoms with Gasteiger partial charge in [0.25, 0.3) is 0 Å². The van der Waals surface area contributed by atoms with Crippen LogP contribution in [-0.4, -0.2) is 26.2 Å². The molecule has 19 heavy (non-hydrogen) atoms. The van der Waals surface area contributed by atoms with Crippen molar-refractivity contribution in [2.75, 3.05) is 17.7 Å². The van der Waals surface area contributed by atoms with E-state index in [0.29, 0.717) is 11.4 Å². The number of nitrogens with one attached hydrogen (secondary N) is 1. The standard InChI is InChI=1S/C12H19N3O3S/c13-9-4-10(6-11(5-9)19(14,17)18)15-12-3-1-2-8(12)7-16/h4-6,8,12,15-16H,1-3,7,13H2,(H2,14,17,18). The number of nitrogens with two attached hydrogens (primary N) is 2. The van der Waals surface area contributed by atoms with Crippen molar-refractivity contribution in [1.82, 2.24) is 0 Å². The first kappa shape index (κ1) is 14.1. The number of rotatable bonds is 4. The summed E-state index contributed by atoms with van der Waals surface area (Å²) in [5.74, 6) is 0.194. The molecule has 2 rings (SSSR count). The second kappa shape index (κ2) is 5.36. The summed E-state index contributed by atoms with van der Waals surface area (Å²) in [6.07, 6.45) is 2.97. The van der Waals surface area contributed by atoms with Gasteiger partial charge in [0, 0.05) is 29.9 Å². The molecule has 1 aliphatic rings. The molecule has 1 saturated carbocycles. The number of hydrogen-bond acceptors (Lipinski definition) is 5. The molecule has 2 atom stereocenters. The van der Waals surface area contributed by atoms with Crippen LogP contribution in [0.5, 0.6) is 0 Å². The van der Waals surface area contributed by atoms with Gasteiger partial charge in [-0.3, -0.25) is 0 Å². The van der Waals surface area contributed by atoms with E-state index < -0.39 is 10.0 Å². The van der Waals surface area contributed by atoms with Gasteiger partial charge in [-0.25, -0.2) is 13.6 Å². The van der Waals surface area contributed by atoms with E-state index in [9.17, 15) is 13.5 Å². The fourth-order valence-corrected chi connectivity index (χ4v) is 3.12. The van der Waals surface area contributed by atoms with Crippen molar-refractivity contribution in [2.45, 2.75) is 30.2 Å². The molecule has 0 heterocycles. The summed E-state index contributed by atoms with van der Waals surface area (Å²) in [6.45, 7) is 0.127. The highest BCUT2D eigenvalue weighted by Gasteiger charge is 2.26. The Hall–Kier alpha value is -1.31. The Morgan fingerprint density at radius 3 is 2.68 bits per heavy atom. The van der Waals surface area contributed by atoms with E-state index in [1.165, 1.54) is 12.1 Å². The van der Waals surface area contributed by atoms with Gasteiger partial charge in [-0.05, 0) is 31.0 Å². The molecule has 1 aromatic rings. The fraction of sp³-hybridized carbons (Fsp3) is 0.500. The van der Waals surface area contributed by atoms with E-state index in [-0.39, 0.29) is 23.5 Å². The number of anilines is 2. The van der Waals surface area contributed by atoms with E-state index in [1.54, 1.807) is 6.07 Å². The predicted molar refractivity (Wildman–Crippen MR) is 74.1 cm³/mol. The number of sulfonamides is 1. The summed E-state index contributed by atoms with van der Waals surface area (Å²) in [5.41, 5.74) is 6.65. The van der Waals surface area contributed by atoms with Gasteiger partial charge in [-0.2, -0.15) is 0 Å². The molecule has 0 aromatic heterocycles. The SMILES string of the molecule is Nc1cc(NC2CCCC2CO)cc(S(N)(=O)=O)c1. The lowest BCUT2D eigenvalue weighted by Crippen LogP contribution is -2.26. The monoisotopic (exact) mass is 285 g/mol. The van der Waals surface area contributed by atoms with Gasteiger partial charge in [0.1, 0.15) is 0 Å². The maximum atomic E-state index is 11.3. The van der Waals surface area contributed by atoms with Crippen LogP contribution in [0.4, 0.5) is 11.4 Å². The predicted octanol–water partition coefficient (Wildman–Crippen LogP) is 0.489. The lowest BCUT2D eigenvalue weighted by molar-refractivity contribution is 0.222. The molecule has 0 radical (unpaired) electrons. The van der Waals surface area contributed by atoms with Crippen molar-refractivity contribution in [1.29, 1.82) is 0 Å². The van der Waals surface area contributed by atoms with E-state index in [2.05, 4.69) is 5.32 Å². The summed E-state index contributed by atoms with van der Waals surface area (Å²) in [5, 5.41) is 17.6. The zero-order chi connectivity index (χ0) is 14.0. The van der Waals surface area contributed by atoms with Gasteiger partial charge in [0.15, 0.2) is 0 Å². The third kappa shape index (κ3) is 3.37. The molecule has 1 fully saturated rings. The number of aliphatic hydroxyl groups is 1. The molecule has 0 saturated heterocycles. The molecule has 0 aliphatic heterocycles. The molecular formula is C12H19N3O3S. The normalized spacial score (nSPS) is 23.5. The molecule has 1 aromatic carbocycles. The van der Waals surface area contributed by atoms with Crippen LogP contribution in [0.2, 0.25) is 0 Å². The topological polar surface area (TPSA) is 118 Å². The summed E-state index contributed by atoms with van der Waals surface area (Å²) in [7, 11) is -3.77. The van der Waals surface area contributed by atoms with Crippen LogP contribution in [0.15, 0.2) is 23.1 Å². The van der Waals surface area contributed by atoms with Crippen LogP contribution in [0, 0.1) is 5.92 Å². The Morgan fingerprint density at radius 1 is 1.32 bits per heavy atom. The Labute approximate surface area is 112 Å². The molecule has 2 unspecified atom stereocenters. The first-order valence-electron chi connectivity index (χ1n) is 6.21. The minimum atomic E-state index is -3.77. The minimum Gasteiger partial charge on any atom is -0.399 e. The van der Waals surface area contributed by atoms with Crippen LogP contribution in [0.1, 0.15) is 19.3 Å². The molecular weight excluding hydrogens is 266 g/mol. The summed E-state index contributed by atoms with van der Waals surface area (Å²) in [4.78, 5) is -0.00598. The summed E-state index contributed by atoms with van der Waals surface area (Å²) < 4.78 is 22.7. The average Bonchev–Trinajstić information content (AvgIpc) is 2.74. The molecule has 6 nitrogen and oxygen atoms in total. The number of hydrogen-bond donors (Lipinski definition) is 4. The second-order valence-electron chi connectivity index (χ2n) is 4.96. The summed E-state index contributed by atoms with van der Waals surface area (Å²) in [6, 6.07) is 4.61. The van der Waals surface area contributed by atoms with Crippen molar-refractivity contribution in [2.24, 2.45) is 11.1 Å². The smallest absolute Gasteiger partial charge is 0.238 e. The number of aliphatic hydroxyl groups excluding tert-OH is 1. The van der Waals surface area contributed by atoms with Gasteiger partial charge in [-0.1, -0.05) is 6.42 Å². The van der Waals surface area contributed by atoms with E-state index in [1.807, 2.05) is 0 Å². The van der Waals surface area contributed by atoms with E-state index in [0.717, 1.165) is 19.3 Å². The number of nitrogen functional groups attached to an aromatic ring is 1. The first-order valence-corrected chi connectivity index (χ1v) is 7.75. The molecule has 0 amide bonds. The highest BCUT2D eigenvalue weighted by Crippen LogP contribution is 2.29. The number of primary sulfonamides is 1. The van der Waals surface area contributed by atoms with Gasteiger partial charge in [0.2, 0.25) is 10.0 Å². The lowest BCUT2D eigenvalue weighted by Gasteiger charge is -2.20. The van der Waals surface area contributed by atoms with Crippen LogP contribution in [0.3, 0.4) is 0 Å². The number of benzene rings is 1. The highest BCUT2D eigenvalue weighted by molar-refractivity contribution is 7.89. The van der Waals surface area contributed by atoms with Crippen molar-refractivity contribution >= 4 is 21.4 Å². The molecule has 0 spiro atoms. The Bertz CT molecular complexity index is 559. The molecule has 1 aliphatic carbocycles. The molecule has 106 valence electrons. The van der Waals surface area contributed by atoms with Crippen LogP contribution < -0.4 is 16.2 Å². The van der Waals surface area contributed by atoms with Gasteiger partial charge in [-0.15, -0.1) is 0 Å². The second-order valence-corrected chi connectivity index (χ2v) is 6.52. The first-order chi connectivity index (χ1) is 8.90. The van der Waals surface area contributed by atoms with Crippen molar-refractivity contribution in [3.05, 3.63) is 18.2 Å². The van der Waals surface area contributed by atoms with Crippen molar-refractivity contribution < 1.29 is 13.5 Å². The fourth-order valence-electron chi connectivity index (χ4n) is 2.53. The molecule has 6 N–H and O–H groups in total.